The average molecular weight is 506 g/mol. The zero-order valence-electron chi connectivity index (χ0n) is 19.6. The number of nitrogens with one attached hydrogen (secondary N) is 1. The molecule has 1 aromatic rings. The third kappa shape index (κ3) is 5.26. The van der Waals surface area contributed by atoms with Gasteiger partial charge in [-0.25, -0.2) is 9.00 Å². The van der Waals surface area contributed by atoms with E-state index in [1.807, 2.05) is 0 Å². The Hall–Kier alpha value is -3.54. The summed E-state index contributed by atoms with van der Waals surface area (Å²) in [4.78, 5) is 63.4. The number of carbonyl (C=O) groups excluding carboxylic acids is 5. The van der Waals surface area contributed by atoms with E-state index in [2.05, 4.69) is 11.9 Å². The summed E-state index contributed by atoms with van der Waals surface area (Å²) in [6.45, 7) is 6.73. The molecule has 2 saturated heterocycles. The summed E-state index contributed by atoms with van der Waals surface area (Å²) >= 11 is 0. The molecular formula is C23H27N3O8S. The van der Waals surface area contributed by atoms with Crippen LogP contribution in [-0.4, -0.2) is 67.6 Å². The molecule has 0 aromatic heterocycles. The lowest BCUT2D eigenvalue weighted by atomic mass is 9.99. The molecule has 35 heavy (non-hydrogen) atoms. The van der Waals surface area contributed by atoms with Gasteiger partial charge in [0.25, 0.3) is 5.91 Å². The zero-order valence-corrected chi connectivity index (χ0v) is 20.5. The number of ether oxygens (including phenoxy) is 2. The lowest BCUT2D eigenvalue weighted by Gasteiger charge is -2.49. The first kappa shape index (κ1) is 26.1. The van der Waals surface area contributed by atoms with E-state index in [-0.39, 0.29) is 31.4 Å². The molecule has 0 bridgehead atoms. The monoisotopic (exact) mass is 505 g/mol. The van der Waals surface area contributed by atoms with E-state index < -0.39 is 58.0 Å². The molecule has 4 atom stereocenters. The largest absolute Gasteiger partial charge is 0.497 e. The number of amides is 4. The van der Waals surface area contributed by atoms with Gasteiger partial charge in [-0.15, -0.1) is 0 Å². The Balaban J connectivity index is 1.84. The van der Waals surface area contributed by atoms with Crippen LogP contribution in [0.4, 0.5) is 0 Å². The lowest BCUT2D eigenvalue weighted by Crippen LogP contribution is -2.76. The maximum absolute atomic E-state index is 13.3. The molecule has 2 heterocycles. The molecule has 11 nitrogen and oxygen atoms in total. The highest BCUT2D eigenvalue weighted by Crippen LogP contribution is 2.32. The van der Waals surface area contributed by atoms with Gasteiger partial charge >= 0.3 is 5.97 Å². The standard InChI is InChI=1S/C23H27N3O8S/c1-5-16(27)24-19-21(30)25(22(19)35(32)26-17(28)10-11-18(26)29)20(13(2)3)23(31)34-12-14-6-8-15(33-4)9-7-14/h6-9,19-20,22H,2,5,10-12H2,1,3-4H3,(H,24,27). The molecule has 1 aromatic carbocycles. The Morgan fingerprint density at radius 3 is 2.29 bits per heavy atom. The predicted molar refractivity (Wildman–Crippen MR) is 123 cm³/mol. The van der Waals surface area contributed by atoms with Crippen LogP contribution in [0.3, 0.4) is 0 Å². The Morgan fingerprint density at radius 1 is 1.17 bits per heavy atom. The van der Waals surface area contributed by atoms with Gasteiger partial charge in [-0.3, -0.25) is 19.2 Å². The Kier molecular flexibility index (Phi) is 8.05. The Labute approximate surface area is 205 Å². The van der Waals surface area contributed by atoms with Gasteiger partial charge in [0.2, 0.25) is 17.7 Å². The number of nitrogens with zero attached hydrogens (tertiary/aromatic N) is 2. The third-order valence-electron chi connectivity index (χ3n) is 5.62. The molecule has 2 fully saturated rings. The quantitative estimate of drug-likeness (QED) is 0.211. The fourth-order valence-corrected chi connectivity index (χ4v) is 5.39. The maximum atomic E-state index is 13.3. The molecule has 2 aliphatic heterocycles. The van der Waals surface area contributed by atoms with E-state index in [0.29, 0.717) is 15.6 Å². The number of β-lactam (4-membered cyclic amide) rings is 1. The second-order valence-electron chi connectivity index (χ2n) is 8.10. The van der Waals surface area contributed by atoms with Gasteiger partial charge in [-0.1, -0.05) is 25.6 Å². The van der Waals surface area contributed by atoms with Crippen LogP contribution in [0.1, 0.15) is 38.7 Å². The molecule has 3 rings (SSSR count). The van der Waals surface area contributed by atoms with Crippen molar-refractivity contribution in [1.82, 2.24) is 14.5 Å². The predicted octanol–water partition coefficient (Wildman–Crippen LogP) is 0.559. The van der Waals surface area contributed by atoms with Crippen LogP contribution in [0, 0.1) is 0 Å². The van der Waals surface area contributed by atoms with E-state index in [1.54, 1.807) is 31.2 Å². The second-order valence-corrected chi connectivity index (χ2v) is 9.50. The Bertz CT molecular complexity index is 1070. The van der Waals surface area contributed by atoms with Crippen molar-refractivity contribution in [3.63, 3.8) is 0 Å². The summed E-state index contributed by atoms with van der Waals surface area (Å²) in [5, 5.41) is 1.13. The number of hydrogen-bond donors (Lipinski definition) is 1. The van der Waals surface area contributed by atoms with Gasteiger partial charge < -0.3 is 19.7 Å². The number of rotatable bonds is 10. The van der Waals surface area contributed by atoms with E-state index in [4.69, 9.17) is 9.47 Å². The molecule has 1 N–H and O–H groups in total. The Morgan fingerprint density at radius 2 is 1.77 bits per heavy atom. The van der Waals surface area contributed by atoms with Crippen molar-refractivity contribution in [2.45, 2.75) is 57.2 Å². The van der Waals surface area contributed by atoms with E-state index >= 15 is 0 Å². The highest BCUT2D eigenvalue weighted by molar-refractivity contribution is 7.84. The van der Waals surface area contributed by atoms with Gasteiger partial charge in [0, 0.05) is 19.3 Å². The lowest BCUT2D eigenvalue weighted by molar-refractivity contribution is -0.164. The number of esters is 1. The van der Waals surface area contributed by atoms with Crippen molar-refractivity contribution in [2.75, 3.05) is 7.11 Å². The highest BCUT2D eigenvalue weighted by atomic mass is 32.2. The smallest absolute Gasteiger partial charge is 0.333 e. The molecule has 0 spiro atoms. The molecule has 0 radical (unpaired) electrons. The van der Waals surface area contributed by atoms with Crippen molar-refractivity contribution in [1.29, 1.82) is 0 Å². The van der Waals surface area contributed by atoms with Gasteiger partial charge in [0.05, 0.1) is 7.11 Å². The van der Waals surface area contributed by atoms with Crippen molar-refractivity contribution < 1.29 is 37.7 Å². The van der Waals surface area contributed by atoms with Crippen LogP contribution < -0.4 is 10.1 Å². The SMILES string of the molecule is C=C(C)C(C(=O)OCc1ccc(OC)cc1)N1C(=O)C(NC(=O)CC)C1S(=O)N1C(=O)CCC1=O. The number of benzene rings is 1. The summed E-state index contributed by atoms with van der Waals surface area (Å²) < 4.78 is 24.4. The fraction of sp³-hybridized carbons (Fsp3) is 0.435. The number of methoxy groups -OCH3 is 1. The van der Waals surface area contributed by atoms with Crippen LogP contribution in [0.5, 0.6) is 5.75 Å². The fourth-order valence-electron chi connectivity index (χ4n) is 3.75. The van der Waals surface area contributed by atoms with Gasteiger partial charge in [-0.2, -0.15) is 4.31 Å². The summed E-state index contributed by atoms with van der Waals surface area (Å²) in [5.74, 6) is -2.69. The summed E-state index contributed by atoms with van der Waals surface area (Å²) in [5.41, 5.74) is 0.885. The number of carbonyl (C=O) groups is 5. The van der Waals surface area contributed by atoms with Crippen molar-refractivity contribution >= 4 is 40.6 Å². The minimum Gasteiger partial charge on any atom is -0.497 e. The average Bonchev–Trinajstić information content (AvgIpc) is 3.18. The van der Waals surface area contributed by atoms with Crippen LogP contribution >= 0.6 is 0 Å². The summed E-state index contributed by atoms with van der Waals surface area (Å²) in [6, 6.07) is 4.19. The molecule has 188 valence electrons. The molecule has 0 saturated carbocycles. The highest BCUT2D eigenvalue weighted by Gasteiger charge is 2.59. The van der Waals surface area contributed by atoms with Gasteiger partial charge in [-0.05, 0) is 30.2 Å². The van der Waals surface area contributed by atoms with E-state index in [0.717, 1.165) is 4.90 Å². The third-order valence-corrected chi connectivity index (χ3v) is 7.30. The molecule has 12 heteroatoms. The van der Waals surface area contributed by atoms with Crippen LogP contribution in [0.15, 0.2) is 36.4 Å². The normalized spacial score (nSPS) is 21.3. The zero-order chi connectivity index (χ0) is 25.9. The second kappa shape index (κ2) is 10.8. The van der Waals surface area contributed by atoms with Crippen molar-refractivity contribution in [2.24, 2.45) is 0 Å². The van der Waals surface area contributed by atoms with E-state index in [1.165, 1.54) is 14.0 Å². The van der Waals surface area contributed by atoms with Crippen LogP contribution in [0.25, 0.3) is 0 Å². The van der Waals surface area contributed by atoms with Crippen molar-refractivity contribution in [3.8, 4) is 5.75 Å². The maximum Gasteiger partial charge on any atom is 0.333 e. The van der Waals surface area contributed by atoms with Crippen LogP contribution in [-0.2, 0) is 46.3 Å². The number of imide groups is 1. The number of likely N-dealkylation sites (tertiary alicyclic amines) is 1. The summed E-state index contributed by atoms with van der Waals surface area (Å²) in [6.07, 6.45) is -0.158. The van der Waals surface area contributed by atoms with Gasteiger partial charge in [0.15, 0.2) is 22.4 Å². The van der Waals surface area contributed by atoms with E-state index in [9.17, 15) is 28.2 Å². The first-order chi connectivity index (χ1) is 16.6. The molecule has 4 unspecified atom stereocenters. The number of hydrogen-bond acceptors (Lipinski definition) is 8. The molecule has 0 aliphatic carbocycles. The topological polar surface area (TPSA) is 139 Å². The summed E-state index contributed by atoms with van der Waals surface area (Å²) in [7, 11) is -0.824. The van der Waals surface area contributed by atoms with Crippen molar-refractivity contribution in [3.05, 3.63) is 42.0 Å². The van der Waals surface area contributed by atoms with Crippen LogP contribution in [0.2, 0.25) is 0 Å². The van der Waals surface area contributed by atoms with Gasteiger partial charge in [0.1, 0.15) is 18.4 Å². The minimum absolute atomic E-state index is 0.0541. The first-order valence-corrected chi connectivity index (χ1v) is 12.1. The molecule has 2 aliphatic rings. The molecular weight excluding hydrogens is 478 g/mol. The first-order valence-electron chi connectivity index (χ1n) is 10.9. The molecule has 4 amide bonds. The minimum atomic E-state index is -2.35.